The van der Waals surface area contributed by atoms with E-state index in [-0.39, 0.29) is 28.9 Å². The van der Waals surface area contributed by atoms with E-state index in [2.05, 4.69) is 25.8 Å². The molecule has 0 saturated heterocycles. The van der Waals surface area contributed by atoms with Gasteiger partial charge in [0.05, 0.1) is 36.2 Å². The van der Waals surface area contributed by atoms with Crippen LogP contribution in [0.25, 0.3) is 21.0 Å². The van der Waals surface area contributed by atoms with Gasteiger partial charge >= 0.3 is 11.7 Å². The van der Waals surface area contributed by atoms with Crippen LogP contribution in [-0.2, 0) is 21.6 Å². The van der Waals surface area contributed by atoms with Crippen LogP contribution in [0.2, 0.25) is 0 Å². The van der Waals surface area contributed by atoms with Gasteiger partial charge in [0.2, 0.25) is 5.89 Å². The minimum atomic E-state index is -1.82. The van der Waals surface area contributed by atoms with Crippen molar-refractivity contribution in [1.29, 1.82) is 0 Å². The summed E-state index contributed by atoms with van der Waals surface area (Å²) in [6, 6.07) is 7.58. The van der Waals surface area contributed by atoms with Gasteiger partial charge in [0.1, 0.15) is 28.5 Å². The van der Waals surface area contributed by atoms with Gasteiger partial charge in [0, 0.05) is 5.56 Å². The molecule has 2 aliphatic rings. The zero-order chi connectivity index (χ0) is 31.8. The van der Waals surface area contributed by atoms with Gasteiger partial charge in [-0.1, -0.05) is 39.0 Å². The summed E-state index contributed by atoms with van der Waals surface area (Å²) in [5.74, 6) is 0.182. The topological polar surface area (TPSA) is 126 Å². The van der Waals surface area contributed by atoms with Gasteiger partial charge in [-0.2, -0.15) is 0 Å². The van der Waals surface area contributed by atoms with E-state index in [9.17, 15) is 19.5 Å². The van der Waals surface area contributed by atoms with E-state index in [1.807, 2.05) is 24.3 Å². The Kier molecular flexibility index (Phi) is 7.20. The molecule has 0 amide bonds. The first-order valence-corrected chi connectivity index (χ1v) is 15.8. The fourth-order valence-electron chi connectivity index (χ4n) is 7.48. The third-order valence-electron chi connectivity index (χ3n) is 10.8. The van der Waals surface area contributed by atoms with E-state index < -0.39 is 28.9 Å². The Morgan fingerprint density at radius 2 is 1.98 bits per heavy atom. The average molecular weight is 622 g/mol. The van der Waals surface area contributed by atoms with Crippen molar-refractivity contribution in [2.45, 2.75) is 85.1 Å². The number of carboxylic acids is 1. The van der Waals surface area contributed by atoms with Crippen molar-refractivity contribution in [2.24, 2.45) is 16.7 Å². The number of aliphatic carboxylic acids is 1. The van der Waals surface area contributed by atoms with Crippen LogP contribution in [0, 0.1) is 23.7 Å². The van der Waals surface area contributed by atoms with E-state index in [0.29, 0.717) is 32.8 Å². The number of para-hydroxylation sites is 1. The molecular weight excluding hydrogens is 582 g/mol. The number of methoxy groups -OCH3 is 1. The Morgan fingerprint density at radius 1 is 1.25 bits per heavy atom. The van der Waals surface area contributed by atoms with Crippen LogP contribution >= 0.6 is 11.3 Å². The molecule has 2 saturated carbocycles. The molecule has 2 bridgehead atoms. The number of hydrogen-bond acceptors (Lipinski definition) is 8. The van der Waals surface area contributed by atoms with E-state index in [4.69, 9.17) is 13.9 Å². The molecule has 3 aromatic heterocycles. The van der Waals surface area contributed by atoms with Crippen LogP contribution in [-0.4, -0.2) is 38.4 Å². The van der Waals surface area contributed by atoms with Gasteiger partial charge in [-0.05, 0) is 68.4 Å². The highest BCUT2D eigenvalue weighted by Crippen LogP contribution is 2.66. The number of thiophene rings is 1. The summed E-state index contributed by atoms with van der Waals surface area (Å²) in [7, 11) is 1.60. The molecule has 44 heavy (non-hydrogen) atoms. The number of benzene rings is 1. The second-order valence-electron chi connectivity index (χ2n) is 13.4. The van der Waals surface area contributed by atoms with E-state index in [1.54, 1.807) is 14.0 Å². The Morgan fingerprint density at radius 3 is 2.57 bits per heavy atom. The van der Waals surface area contributed by atoms with Crippen molar-refractivity contribution < 1.29 is 23.8 Å². The highest BCUT2D eigenvalue weighted by Gasteiger charge is 2.62. The van der Waals surface area contributed by atoms with Crippen LogP contribution in [0.4, 0.5) is 0 Å². The highest BCUT2D eigenvalue weighted by molar-refractivity contribution is 7.22. The number of nitrogens with zero attached hydrogens (tertiary/aromatic N) is 3. The molecule has 10 nitrogen and oxygen atoms in total. The second-order valence-corrected chi connectivity index (χ2v) is 14.4. The predicted octanol–water partition coefficient (Wildman–Crippen LogP) is 5.99. The first kappa shape index (κ1) is 30.3. The van der Waals surface area contributed by atoms with Crippen LogP contribution in [0.5, 0.6) is 5.75 Å². The van der Waals surface area contributed by atoms with Gasteiger partial charge in [-0.15, -0.1) is 11.3 Å². The number of rotatable bonds is 9. The van der Waals surface area contributed by atoms with Crippen molar-refractivity contribution >= 4 is 27.5 Å². The fraction of sp³-hybridized carbons (Fsp3) is 0.515. The second kappa shape index (κ2) is 10.4. The van der Waals surface area contributed by atoms with Crippen molar-refractivity contribution in [3.05, 3.63) is 68.7 Å². The highest BCUT2D eigenvalue weighted by atomic mass is 32.1. The summed E-state index contributed by atoms with van der Waals surface area (Å²) in [5, 5.41) is 10.4. The average Bonchev–Trinajstić information content (AvgIpc) is 3.71. The number of aryl methyl sites for hydroxylation is 1. The first-order chi connectivity index (χ1) is 20.7. The standard InChI is InChI=1S/C33H39N3O7S/c1-18-24-27(37)36(32(4,5)29(38)39)30(40)35(28(24)44-25(18)26-34-14-15-42-26)17-22(20-10-8-9-11-21(20)41-7)43-23-16-19-12-13-33(23,6)31(19,2)3/h8-11,14-15,19,22-23H,12-13,16-17H2,1-7H3,(H,38,39)/t19-,22?,23?,33+/m0/s1. The minimum Gasteiger partial charge on any atom is -0.496 e. The molecule has 11 heteroatoms. The number of hydrogen-bond donors (Lipinski definition) is 1. The van der Waals surface area contributed by atoms with Gasteiger partial charge in [-0.3, -0.25) is 9.36 Å². The lowest BCUT2D eigenvalue weighted by molar-refractivity contribution is -0.146. The van der Waals surface area contributed by atoms with Crippen molar-refractivity contribution in [3.63, 3.8) is 0 Å². The smallest absolute Gasteiger partial charge is 0.333 e. The molecule has 3 heterocycles. The lowest BCUT2D eigenvalue weighted by Gasteiger charge is -2.40. The summed E-state index contributed by atoms with van der Waals surface area (Å²) in [4.78, 5) is 46.0. The lowest BCUT2D eigenvalue weighted by atomic mass is 9.70. The number of carboxylic acid groups (broad SMARTS) is 1. The predicted molar refractivity (Wildman–Crippen MR) is 167 cm³/mol. The number of oxazole rings is 1. The van der Waals surface area contributed by atoms with E-state index >= 15 is 0 Å². The number of fused-ring (bicyclic) bond motifs is 3. The zero-order valence-corrected chi connectivity index (χ0v) is 27.0. The molecule has 6 rings (SSSR count). The number of carbonyl (C=O) groups is 1. The third-order valence-corrected chi connectivity index (χ3v) is 12.1. The van der Waals surface area contributed by atoms with Crippen LogP contribution < -0.4 is 16.0 Å². The molecule has 2 aliphatic carbocycles. The lowest BCUT2D eigenvalue weighted by Crippen LogP contribution is -2.52. The van der Waals surface area contributed by atoms with Crippen LogP contribution in [0.15, 0.2) is 50.7 Å². The Balaban J connectivity index is 1.58. The molecule has 4 aromatic rings. The molecular formula is C33H39N3O7S. The van der Waals surface area contributed by atoms with Gasteiger partial charge in [0.15, 0.2) is 0 Å². The number of ether oxygens (including phenoxy) is 2. The molecule has 0 spiro atoms. The monoisotopic (exact) mass is 621 g/mol. The van der Waals surface area contributed by atoms with Crippen molar-refractivity contribution in [1.82, 2.24) is 14.1 Å². The maximum atomic E-state index is 14.4. The Labute approximate surface area is 259 Å². The molecule has 1 N–H and O–H groups in total. The van der Waals surface area contributed by atoms with Gasteiger partial charge in [-0.25, -0.2) is 19.1 Å². The molecule has 2 fully saturated rings. The maximum Gasteiger partial charge on any atom is 0.333 e. The molecule has 1 aromatic carbocycles. The maximum absolute atomic E-state index is 14.4. The SMILES string of the molecule is COc1ccccc1C(Cn1c(=O)n(C(C)(C)C(=O)O)c(=O)c2c(C)c(-c3ncco3)sc21)OC1C[C@@H]2CC[C@@]1(C)C2(C)C. The van der Waals surface area contributed by atoms with Crippen molar-refractivity contribution in [2.75, 3.05) is 7.11 Å². The van der Waals surface area contributed by atoms with Crippen molar-refractivity contribution in [3.8, 4) is 16.5 Å². The molecule has 4 atom stereocenters. The Bertz CT molecular complexity index is 1870. The van der Waals surface area contributed by atoms with Gasteiger partial charge < -0.3 is 19.0 Å². The first-order valence-electron chi connectivity index (χ1n) is 14.9. The molecule has 0 aliphatic heterocycles. The quantitative estimate of drug-likeness (QED) is 0.242. The zero-order valence-electron chi connectivity index (χ0n) is 26.2. The number of aromatic nitrogens is 3. The summed E-state index contributed by atoms with van der Waals surface area (Å²) in [6.45, 7) is 11.5. The summed E-state index contributed by atoms with van der Waals surface area (Å²) >= 11 is 1.22. The molecule has 0 radical (unpaired) electrons. The summed E-state index contributed by atoms with van der Waals surface area (Å²) < 4.78 is 20.7. The van der Waals surface area contributed by atoms with E-state index in [1.165, 1.54) is 42.2 Å². The summed E-state index contributed by atoms with van der Waals surface area (Å²) in [6.07, 6.45) is 5.40. The van der Waals surface area contributed by atoms with Crippen LogP contribution in [0.1, 0.15) is 71.1 Å². The largest absolute Gasteiger partial charge is 0.496 e. The fourth-order valence-corrected chi connectivity index (χ4v) is 8.72. The third kappa shape index (κ3) is 4.30. The van der Waals surface area contributed by atoms with Crippen LogP contribution in [0.3, 0.4) is 0 Å². The van der Waals surface area contributed by atoms with E-state index in [0.717, 1.165) is 29.4 Å². The Hall–Kier alpha value is -3.70. The van der Waals surface area contributed by atoms with Gasteiger partial charge in [0.25, 0.3) is 5.56 Å². The minimum absolute atomic E-state index is 0.0360. The molecule has 234 valence electrons. The normalized spacial score (nSPS) is 23.3. The molecule has 2 unspecified atom stereocenters. The summed E-state index contributed by atoms with van der Waals surface area (Å²) in [5.41, 5.74) is -1.82.